The standard InChI is InChI=1S/C12H20OS/c13-12(11-6-7-14-9-11)8-10-4-2-1-3-5-10/h10-11H,1-9H2. The number of hydrogen-bond acceptors (Lipinski definition) is 2. The fourth-order valence-corrected chi connectivity index (χ4v) is 3.89. The number of rotatable bonds is 3. The van der Waals surface area contributed by atoms with Crippen molar-refractivity contribution in [1.29, 1.82) is 0 Å². The molecule has 2 heteroatoms. The first kappa shape index (κ1) is 10.5. The van der Waals surface area contributed by atoms with Gasteiger partial charge >= 0.3 is 0 Å². The second kappa shape index (κ2) is 5.20. The zero-order valence-electron chi connectivity index (χ0n) is 8.84. The largest absolute Gasteiger partial charge is 0.299 e. The van der Waals surface area contributed by atoms with E-state index in [1.807, 2.05) is 11.8 Å². The van der Waals surface area contributed by atoms with Gasteiger partial charge in [0.15, 0.2) is 0 Å². The van der Waals surface area contributed by atoms with Crippen LogP contribution in [-0.2, 0) is 4.79 Å². The van der Waals surface area contributed by atoms with Gasteiger partial charge < -0.3 is 0 Å². The second-order valence-electron chi connectivity index (χ2n) is 4.73. The maximum Gasteiger partial charge on any atom is 0.137 e. The number of hydrogen-bond donors (Lipinski definition) is 0. The Bertz CT molecular complexity index is 190. The summed E-state index contributed by atoms with van der Waals surface area (Å²) in [6.07, 6.45) is 8.78. The lowest BCUT2D eigenvalue weighted by atomic mass is 9.83. The van der Waals surface area contributed by atoms with Crippen LogP contribution >= 0.6 is 11.8 Å². The van der Waals surface area contributed by atoms with Crippen LogP contribution in [0.5, 0.6) is 0 Å². The Balaban J connectivity index is 1.75. The van der Waals surface area contributed by atoms with Gasteiger partial charge in [0.05, 0.1) is 0 Å². The molecule has 0 radical (unpaired) electrons. The van der Waals surface area contributed by atoms with Crippen LogP contribution in [0.1, 0.15) is 44.9 Å². The molecular weight excluding hydrogens is 192 g/mol. The fourth-order valence-electron chi connectivity index (χ4n) is 2.63. The van der Waals surface area contributed by atoms with E-state index in [-0.39, 0.29) is 0 Å². The molecule has 1 heterocycles. The van der Waals surface area contributed by atoms with E-state index in [0.29, 0.717) is 11.7 Å². The van der Waals surface area contributed by atoms with Gasteiger partial charge in [0.25, 0.3) is 0 Å². The summed E-state index contributed by atoms with van der Waals surface area (Å²) < 4.78 is 0. The minimum absolute atomic E-state index is 0.418. The quantitative estimate of drug-likeness (QED) is 0.714. The first-order valence-corrected chi connectivity index (χ1v) is 7.12. The molecule has 1 saturated carbocycles. The average molecular weight is 212 g/mol. The van der Waals surface area contributed by atoms with Gasteiger partial charge in [0, 0.05) is 18.1 Å². The molecule has 80 valence electrons. The second-order valence-corrected chi connectivity index (χ2v) is 5.88. The highest BCUT2D eigenvalue weighted by atomic mass is 32.2. The maximum absolute atomic E-state index is 11.9. The highest BCUT2D eigenvalue weighted by Gasteiger charge is 2.25. The first-order valence-electron chi connectivity index (χ1n) is 5.96. The Kier molecular flexibility index (Phi) is 3.91. The topological polar surface area (TPSA) is 17.1 Å². The molecule has 0 aromatic rings. The molecule has 0 bridgehead atoms. The normalized spacial score (nSPS) is 29.3. The molecular formula is C12H20OS. The fraction of sp³-hybridized carbons (Fsp3) is 0.917. The molecule has 14 heavy (non-hydrogen) atoms. The molecule has 2 fully saturated rings. The Morgan fingerprint density at radius 3 is 2.57 bits per heavy atom. The van der Waals surface area contributed by atoms with Gasteiger partial charge in [-0.15, -0.1) is 0 Å². The van der Waals surface area contributed by atoms with E-state index < -0.39 is 0 Å². The van der Waals surface area contributed by atoms with Crippen molar-refractivity contribution in [2.75, 3.05) is 11.5 Å². The summed E-state index contributed by atoms with van der Waals surface area (Å²) in [5.41, 5.74) is 0. The molecule has 1 saturated heterocycles. The molecule has 0 spiro atoms. The van der Waals surface area contributed by atoms with Crippen LogP contribution in [0.25, 0.3) is 0 Å². The summed E-state index contributed by atoms with van der Waals surface area (Å²) in [7, 11) is 0. The predicted molar refractivity (Wildman–Crippen MR) is 61.6 cm³/mol. The third kappa shape index (κ3) is 2.75. The van der Waals surface area contributed by atoms with Crippen LogP contribution < -0.4 is 0 Å². The predicted octanol–water partition coefficient (Wildman–Crippen LogP) is 3.28. The van der Waals surface area contributed by atoms with Crippen molar-refractivity contribution < 1.29 is 4.79 Å². The molecule has 1 nitrogen and oxygen atoms in total. The lowest BCUT2D eigenvalue weighted by molar-refractivity contribution is -0.123. The molecule has 1 aliphatic heterocycles. The Hall–Kier alpha value is 0.0200. The maximum atomic E-state index is 11.9. The Morgan fingerprint density at radius 2 is 1.93 bits per heavy atom. The van der Waals surface area contributed by atoms with Crippen molar-refractivity contribution in [2.24, 2.45) is 11.8 Å². The molecule has 0 amide bonds. The van der Waals surface area contributed by atoms with E-state index in [0.717, 1.165) is 24.5 Å². The van der Waals surface area contributed by atoms with E-state index in [9.17, 15) is 4.79 Å². The van der Waals surface area contributed by atoms with Crippen LogP contribution in [0.3, 0.4) is 0 Å². The number of ketones is 1. The lowest BCUT2D eigenvalue weighted by Crippen LogP contribution is -2.19. The van der Waals surface area contributed by atoms with Crippen molar-refractivity contribution >= 4 is 17.5 Å². The van der Waals surface area contributed by atoms with Gasteiger partial charge in [-0.3, -0.25) is 4.79 Å². The molecule has 0 aromatic carbocycles. The van der Waals surface area contributed by atoms with Crippen molar-refractivity contribution in [3.8, 4) is 0 Å². The third-order valence-corrected chi connectivity index (χ3v) is 4.76. The van der Waals surface area contributed by atoms with Gasteiger partial charge in [-0.25, -0.2) is 0 Å². The molecule has 1 unspecified atom stereocenters. The highest BCUT2D eigenvalue weighted by molar-refractivity contribution is 7.99. The van der Waals surface area contributed by atoms with E-state index >= 15 is 0 Å². The molecule has 0 N–H and O–H groups in total. The Morgan fingerprint density at radius 1 is 1.14 bits per heavy atom. The van der Waals surface area contributed by atoms with Crippen LogP contribution in [-0.4, -0.2) is 17.3 Å². The first-order chi connectivity index (χ1) is 6.86. The molecule has 2 aliphatic rings. The minimum Gasteiger partial charge on any atom is -0.299 e. The summed E-state index contributed by atoms with van der Waals surface area (Å²) in [4.78, 5) is 11.9. The van der Waals surface area contributed by atoms with Crippen LogP contribution in [0, 0.1) is 11.8 Å². The van der Waals surface area contributed by atoms with Gasteiger partial charge in [-0.1, -0.05) is 32.1 Å². The number of carbonyl (C=O) groups is 1. The zero-order valence-corrected chi connectivity index (χ0v) is 9.65. The Labute approximate surface area is 91.0 Å². The lowest BCUT2D eigenvalue weighted by Gasteiger charge is -2.21. The summed E-state index contributed by atoms with van der Waals surface area (Å²) in [6, 6.07) is 0. The molecule has 1 atom stereocenters. The van der Waals surface area contributed by atoms with Crippen LogP contribution in [0.4, 0.5) is 0 Å². The summed E-state index contributed by atoms with van der Waals surface area (Å²) in [6.45, 7) is 0. The van der Waals surface area contributed by atoms with E-state index in [1.165, 1.54) is 37.9 Å². The van der Waals surface area contributed by atoms with Crippen LogP contribution in [0.15, 0.2) is 0 Å². The van der Waals surface area contributed by atoms with E-state index in [4.69, 9.17) is 0 Å². The number of thioether (sulfide) groups is 1. The van der Waals surface area contributed by atoms with Crippen molar-refractivity contribution in [1.82, 2.24) is 0 Å². The van der Waals surface area contributed by atoms with Gasteiger partial charge in [0.1, 0.15) is 5.78 Å². The smallest absolute Gasteiger partial charge is 0.137 e. The summed E-state index contributed by atoms with van der Waals surface area (Å²) in [5.74, 6) is 4.04. The third-order valence-electron chi connectivity index (χ3n) is 3.60. The van der Waals surface area contributed by atoms with Crippen molar-refractivity contribution in [2.45, 2.75) is 44.9 Å². The number of carbonyl (C=O) groups excluding carboxylic acids is 1. The van der Waals surface area contributed by atoms with Crippen molar-refractivity contribution in [3.63, 3.8) is 0 Å². The summed E-state index contributed by atoms with van der Waals surface area (Å²) >= 11 is 1.95. The summed E-state index contributed by atoms with van der Waals surface area (Å²) in [5, 5.41) is 0. The zero-order chi connectivity index (χ0) is 9.80. The number of Topliss-reactive ketones (excluding diaryl/α,β-unsaturated/α-hetero) is 1. The van der Waals surface area contributed by atoms with Gasteiger partial charge in [-0.05, 0) is 18.1 Å². The van der Waals surface area contributed by atoms with E-state index in [1.54, 1.807) is 0 Å². The SMILES string of the molecule is O=C(CC1CCCCC1)C1CCSC1. The minimum atomic E-state index is 0.418. The van der Waals surface area contributed by atoms with Crippen molar-refractivity contribution in [3.05, 3.63) is 0 Å². The monoisotopic (exact) mass is 212 g/mol. The van der Waals surface area contributed by atoms with Gasteiger partial charge in [0.2, 0.25) is 0 Å². The highest BCUT2D eigenvalue weighted by Crippen LogP contribution is 2.31. The van der Waals surface area contributed by atoms with Gasteiger partial charge in [-0.2, -0.15) is 11.8 Å². The molecule has 2 rings (SSSR count). The van der Waals surface area contributed by atoms with Crippen LogP contribution in [0.2, 0.25) is 0 Å². The average Bonchev–Trinajstić information content (AvgIpc) is 2.72. The molecule has 1 aliphatic carbocycles. The molecule has 0 aromatic heterocycles. The van der Waals surface area contributed by atoms with E-state index in [2.05, 4.69) is 0 Å².